The monoisotopic (exact) mass is 299 g/mol. The number of thiophene rings is 1. The molecule has 0 amide bonds. The van der Waals surface area contributed by atoms with Crippen LogP contribution >= 0.6 is 22.7 Å². The number of nitrogens with one attached hydrogen (secondary N) is 1. The molecule has 0 aliphatic carbocycles. The maximum absolute atomic E-state index is 4.53. The Morgan fingerprint density at radius 2 is 2.00 bits per heavy atom. The topological polar surface area (TPSA) is 37.3 Å². The molecule has 0 atom stereocenters. The quantitative estimate of drug-likeness (QED) is 0.563. The Hall–Kier alpha value is -1.98. The van der Waals surface area contributed by atoms with Gasteiger partial charge in [-0.25, -0.2) is 4.98 Å². The molecule has 0 spiro atoms. The molecule has 2 aromatic heterocycles. The minimum Gasteiger partial charge on any atom is -0.253 e. The molecule has 3 rings (SSSR count). The normalized spacial score (nSPS) is 11.1. The zero-order chi connectivity index (χ0) is 13.8. The Labute approximate surface area is 125 Å². The van der Waals surface area contributed by atoms with Crippen molar-refractivity contribution in [1.29, 1.82) is 0 Å². The van der Waals surface area contributed by atoms with Gasteiger partial charge in [-0.1, -0.05) is 35.9 Å². The van der Waals surface area contributed by atoms with E-state index in [-0.39, 0.29) is 0 Å². The van der Waals surface area contributed by atoms with Gasteiger partial charge in [0.05, 0.1) is 11.9 Å². The summed E-state index contributed by atoms with van der Waals surface area (Å²) in [5, 5.41) is 9.05. The van der Waals surface area contributed by atoms with Gasteiger partial charge in [0.2, 0.25) is 5.13 Å². The van der Waals surface area contributed by atoms with Gasteiger partial charge in [0, 0.05) is 15.8 Å². The largest absolute Gasteiger partial charge is 0.253 e. The van der Waals surface area contributed by atoms with Gasteiger partial charge in [0.15, 0.2) is 0 Å². The van der Waals surface area contributed by atoms with E-state index in [1.54, 1.807) is 28.9 Å². The van der Waals surface area contributed by atoms with Crippen LogP contribution in [0.4, 0.5) is 5.13 Å². The molecule has 20 heavy (non-hydrogen) atoms. The summed E-state index contributed by atoms with van der Waals surface area (Å²) in [6.07, 6.45) is 1.80. The summed E-state index contributed by atoms with van der Waals surface area (Å²) in [5.41, 5.74) is 6.32. The number of rotatable bonds is 4. The van der Waals surface area contributed by atoms with E-state index in [1.807, 2.05) is 22.9 Å². The standard InChI is InChI=1S/C15H13N3S2/c1-11-4-6-12(7-5-11)14-10-20-15(17-14)18-16-9-13-3-2-8-19-13/h2-10H,1H3,(H,17,18). The highest BCUT2D eigenvalue weighted by Gasteiger charge is 2.03. The molecule has 0 saturated heterocycles. The fourth-order valence-electron chi connectivity index (χ4n) is 1.70. The second kappa shape index (κ2) is 5.98. The van der Waals surface area contributed by atoms with E-state index < -0.39 is 0 Å². The number of hydrogen-bond acceptors (Lipinski definition) is 5. The fraction of sp³-hybridized carbons (Fsp3) is 0.0667. The van der Waals surface area contributed by atoms with E-state index in [4.69, 9.17) is 0 Å². The molecule has 3 aromatic rings. The van der Waals surface area contributed by atoms with Crippen molar-refractivity contribution >= 4 is 34.0 Å². The number of aryl methyl sites for hydroxylation is 1. The van der Waals surface area contributed by atoms with E-state index in [9.17, 15) is 0 Å². The lowest BCUT2D eigenvalue weighted by molar-refractivity contribution is 1.29. The number of hydrogen-bond donors (Lipinski definition) is 1. The molecule has 100 valence electrons. The van der Waals surface area contributed by atoms with Crippen molar-refractivity contribution < 1.29 is 0 Å². The lowest BCUT2D eigenvalue weighted by Crippen LogP contribution is -1.88. The average Bonchev–Trinajstić information content (AvgIpc) is 3.11. The first-order valence-corrected chi connectivity index (χ1v) is 7.92. The molecule has 1 aromatic carbocycles. The van der Waals surface area contributed by atoms with E-state index in [0.717, 1.165) is 21.3 Å². The molecule has 0 radical (unpaired) electrons. The third-order valence-corrected chi connectivity index (χ3v) is 4.30. The second-order valence-corrected chi connectivity index (χ2v) is 6.13. The third kappa shape index (κ3) is 3.12. The number of hydrazone groups is 1. The van der Waals surface area contributed by atoms with Crippen LogP contribution in [0.15, 0.2) is 52.3 Å². The van der Waals surface area contributed by atoms with Crippen LogP contribution in [0.25, 0.3) is 11.3 Å². The van der Waals surface area contributed by atoms with Gasteiger partial charge in [-0.05, 0) is 18.4 Å². The number of benzene rings is 1. The van der Waals surface area contributed by atoms with Crippen molar-refractivity contribution in [2.45, 2.75) is 6.92 Å². The van der Waals surface area contributed by atoms with E-state index in [1.165, 1.54) is 5.56 Å². The van der Waals surface area contributed by atoms with Crippen LogP contribution in [-0.4, -0.2) is 11.2 Å². The van der Waals surface area contributed by atoms with Crippen LogP contribution in [0.5, 0.6) is 0 Å². The zero-order valence-corrected chi connectivity index (χ0v) is 12.5. The van der Waals surface area contributed by atoms with Gasteiger partial charge in [0.25, 0.3) is 0 Å². The number of thiazole rings is 1. The molecule has 1 N–H and O–H groups in total. The predicted molar refractivity (Wildman–Crippen MR) is 87.8 cm³/mol. The Morgan fingerprint density at radius 1 is 1.15 bits per heavy atom. The van der Waals surface area contributed by atoms with Crippen molar-refractivity contribution in [3.8, 4) is 11.3 Å². The van der Waals surface area contributed by atoms with E-state index in [2.05, 4.69) is 46.7 Å². The molecule has 2 heterocycles. The molecule has 0 aliphatic rings. The molecular formula is C15H13N3S2. The first-order chi connectivity index (χ1) is 9.81. The van der Waals surface area contributed by atoms with Crippen molar-refractivity contribution in [2.24, 2.45) is 5.10 Å². The van der Waals surface area contributed by atoms with Crippen LogP contribution in [0.3, 0.4) is 0 Å². The first kappa shape index (κ1) is 13.0. The van der Waals surface area contributed by atoms with Crippen molar-refractivity contribution in [3.05, 3.63) is 57.6 Å². The maximum Gasteiger partial charge on any atom is 0.203 e. The van der Waals surface area contributed by atoms with Crippen LogP contribution < -0.4 is 5.43 Å². The Balaban J connectivity index is 1.69. The smallest absolute Gasteiger partial charge is 0.203 e. The predicted octanol–water partition coefficient (Wildman–Crippen LogP) is 4.63. The molecular weight excluding hydrogens is 286 g/mol. The highest BCUT2D eigenvalue weighted by Crippen LogP contribution is 2.25. The molecule has 0 saturated carbocycles. The van der Waals surface area contributed by atoms with Crippen LogP contribution in [0, 0.1) is 6.92 Å². The summed E-state index contributed by atoms with van der Waals surface area (Å²) >= 11 is 3.21. The summed E-state index contributed by atoms with van der Waals surface area (Å²) < 4.78 is 0. The Kier molecular flexibility index (Phi) is 3.90. The van der Waals surface area contributed by atoms with Gasteiger partial charge in [-0.3, -0.25) is 5.43 Å². The highest BCUT2D eigenvalue weighted by molar-refractivity contribution is 7.14. The maximum atomic E-state index is 4.53. The third-order valence-electron chi connectivity index (χ3n) is 2.75. The molecule has 0 fully saturated rings. The Morgan fingerprint density at radius 3 is 2.75 bits per heavy atom. The highest BCUT2D eigenvalue weighted by atomic mass is 32.1. The molecule has 0 bridgehead atoms. The van der Waals surface area contributed by atoms with Gasteiger partial charge in [0.1, 0.15) is 0 Å². The molecule has 5 heteroatoms. The SMILES string of the molecule is Cc1ccc(-c2csc(NN=Cc3cccs3)n2)cc1. The second-order valence-electron chi connectivity index (χ2n) is 4.29. The van der Waals surface area contributed by atoms with Gasteiger partial charge in [-0.15, -0.1) is 22.7 Å². The van der Waals surface area contributed by atoms with Crippen LogP contribution in [-0.2, 0) is 0 Å². The average molecular weight is 299 g/mol. The molecule has 0 aliphatic heterocycles. The number of aromatic nitrogens is 1. The van der Waals surface area contributed by atoms with E-state index in [0.29, 0.717) is 0 Å². The van der Waals surface area contributed by atoms with Crippen LogP contribution in [0.2, 0.25) is 0 Å². The van der Waals surface area contributed by atoms with E-state index >= 15 is 0 Å². The van der Waals surface area contributed by atoms with Gasteiger partial charge in [-0.2, -0.15) is 5.10 Å². The molecule has 3 nitrogen and oxygen atoms in total. The van der Waals surface area contributed by atoms with Crippen molar-refractivity contribution in [2.75, 3.05) is 5.43 Å². The summed E-state index contributed by atoms with van der Waals surface area (Å²) in [6.45, 7) is 2.08. The summed E-state index contributed by atoms with van der Waals surface area (Å²) in [7, 11) is 0. The first-order valence-electron chi connectivity index (χ1n) is 6.16. The number of anilines is 1. The lowest BCUT2D eigenvalue weighted by Gasteiger charge is -1.97. The lowest BCUT2D eigenvalue weighted by atomic mass is 10.1. The van der Waals surface area contributed by atoms with Crippen LogP contribution in [0.1, 0.15) is 10.4 Å². The molecule has 0 unspecified atom stereocenters. The zero-order valence-electron chi connectivity index (χ0n) is 10.9. The minimum absolute atomic E-state index is 0.799. The van der Waals surface area contributed by atoms with Gasteiger partial charge < -0.3 is 0 Å². The van der Waals surface area contributed by atoms with Crippen molar-refractivity contribution in [1.82, 2.24) is 4.98 Å². The fourth-order valence-corrected chi connectivity index (χ4v) is 2.95. The summed E-state index contributed by atoms with van der Waals surface area (Å²) in [6, 6.07) is 12.4. The minimum atomic E-state index is 0.799. The summed E-state index contributed by atoms with van der Waals surface area (Å²) in [4.78, 5) is 5.64. The van der Waals surface area contributed by atoms with Crippen molar-refractivity contribution in [3.63, 3.8) is 0 Å². The Bertz CT molecular complexity index is 697. The van der Waals surface area contributed by atoms with Gasteiger partial charge >= 0.3 is 0 Å². The summed E-state index contributed by atoms with van der Waals surface area (Å²) in [5.74, 6) is 0. The number of nitrogens with zero attached hydrogens (tertiary/aromatic N) is 2.